The van der Waals surface area contributed by atoms with Crippen LogP contribution in [0.1, 0.15) is 10.5 Å². The van der Waals surface area contributed by atoms with Gasteiger partial charge in [0.05, 0.1) is 11.0 Å². The van der Waals surface area contributed by atoms with Crippen LogP contribution >= 0.6 is 0 Å². The maximum Gasteiger partial charge on any atom is 0.586 e. The second-order valence-corrected chi connectivity index (χ2v) is 5.07. The smallest absolute Gasteiger partial charge is 0.395 e. The summed E-state index contributed by atoms with van der Waals surface area (Å²) in [6.45, 7) is 0. The fourth-order valence-electron chi connectivity index (χ4n) is 2.55. The highest BCUT2D eigenvalue weighted by atomic mass is 19.3. The number of benzene rings is 1. The molecule has 0 radical (unpaired) electrons. The number of rotatable bonds is 1. The molecule has 2 N–H and O–H groups in total. The molecule has 7 nitrogen and oxygen atoms in total. The van der Waals surface area contributed by atoms with Crippen LogP contribution in [0, 0.1) is 0 Å². The van der Waals surface area contributed by atoms with Crippen LogP contribution in [0.5, 0.6) is 11.5 Å². The average molecular weight is 320 g/mol. The summed E-state index contributed by atoms with van der Waals surface area (Å²) in [5, 5.41) is 0. The first-order chi connectivity index (χ1) is 10.9. The van der Waals surface area contributed by atoms with Crippen LogP contribution in [0.2, 0.25) is 0 Å². The van der Waals surface area contributed by atoms with Gasteiger partial charge in [-0.3, -0.25) is 4.79 Å². The van der Waals surface area contributed by atoms with Crippen molar-refractivity contribution in [3.8, 4) is 11.5 Å². The molecule has 0 aliphatic carbocycles. The van der Waals surface area contributed by atoms with Crippen LogP contribution in [0.4, 0.5) is 14.7 Å². The molecular weight excluding hydrogens is 310 g/mol. The van der Waals surface area contributed by atoms with E-state index >= 15 is 0 Å². The maximum atomic E-state index is 13.1. The first-order valence-electron chi connectivity index (χ1n) is 6.59. The van der Waals surface area contributed by atoms with Gasteiger partial charge < -0.3 is 19.8 Å². The third kappa shape index (κ3) is 1.93. The summed E-state index contributed by atoms with van der Waals surface area (Å²) < 4.78 is 37.8. The zero-order chi connectivity index (χ0) is 16.4. The van der Waals surface area contributed by atoms with Crippen molar-refractivity contribution >= 4 is 22.9 Å². The standard InChI is InChI=1S/C14H10F2N4O3/c1-19-4-2-3-8(19)12(21)20-9-6-11-10(22-14(15,16)23-11)5-7(9)18-13(20)17/h2-6H,1H3,(H2,17,18). The molecule has 0 spiro atoms. The quantitative estimate of drug-likeness (QED) is 0.741. The predicted molar refractivity (Wildman–Crippen MR) is 75.5 cm³/mol. The van der Waals surface area contributed by atoms with Crippen molar-refractivity contribution in [1.82, 2.24) is 14.1 Å². The van der Waals surface area contributed by atoms with E-state index in [1.807, 2.05) is 0 Å². The molecule has 2 aromatic heterocycles. The van der Waals surface area contributed by atoms with Crippen molar-refractivity contribution in [3.05, 3.63) is 36.2 Å². The molecule has 1 aromatic carbocycles. The number of ether oxygens (including phenoxy) is 2. The fraction of sp³-hybridized carbons (Fsp3) is 0.143. The van der Waals surface area contributed by atoms with Crippen LogP contribution in [0.3, 0.4) is 0 Å². The van der Waals surface area contributed by atoms with Crippen molar-refractivity contribution in [2.24, 2.45) is 7.05 Å². The second kappa shape index (κ2) is 4.22. The van der Waals surface area contributed by atoms with E-state index in [0.29, 0.717) is 5.69 Å². The second-order valence-electron chi connectivity index (χ2n) is 5.07. The lowest BCUT2D eigenvalue weighted by Crippen LogP contribution is -2.25. The van der Waals surface area contributed by atoms with E-state index in [4.69, 9.17) is 5.73 Å². The zero-order valence-corrected chi connectivity index (χ0v) is 11.8. The molecule has 0 unspecified atom stereocenters. The molecule has 1 aliphatic heterocycles. The Bertz CT molecular complexity index is 960. The highest BCUT2D eigenvalue weighted by Gasteiger charge is 2.44. The van der Waals surface area contributed by atoms with Gasteiger partial charge in [0.25, 0.3) is 5.91 Å². The molecule has 3 heterocycles. The van der Waals surface area contributed by atoms with Crippen LogP contribution in [0.15, 0.2) is 30.5 Å². The Kier molecular flexibility index (Phi) is 2.48. The van der Waals surface area contributed by atoms with Gasteiger partial charge in [-0.15, -0.1) is 8.78 Å². The lowest BCUT2D eigenvalue weighted by atomic mass is 10.2. The largest absolute Gasteiger partial charge is 0.586 e. The molecule has 23 heavy (non-hydrogen) atoms. The molecule has 9 heteroatoms. The van der Waals surface area contributed by atoms with E-state index in [1.54, 1.807) is 29.9 Å². The SMILES string of the molecule is Cn1cccc1C(=O)n1c(N)nc2cc3c(cc21)OC(F)(F)O3. The molecule has 0 fully saturated rings. The Hall–Kier alpha value is -3.10. The summed E-state index contributed by atoms with van der Waals surface area (Å²) in [4.78, 5) is 16.7. The number of nitrogen functional groups attached to an aromatic ring is 1. The average Bonchev–Trinajstić information content (AvgIpc) is 3.08. The molecule has 3 aromatic rings. The van der Waals surface area contributed by atoms with Gasteiger partial charge >= 0.3 is 6.29 Å². The summed E-state index contributed by atoms with van der Waals surface area (Å²) in [6, 6.07) is 5.85. The molecule has 0 amide bonds. The normalized spacial score (nSPS) is 15.3. The third-order valence-electron chi connectivity index (χ3n) is 3.57. The van der Waals surface area contributed by atoms with Gasteiger partial charge in [0.1, 0.15) is 5.69 Å². The Morgan fingerprint density at radius 2 is 2.00 bits per heavy atom. The Balaban J connectivity index is 1.90. The summed E-state index contributed by atoms with van der Waals surface area (Å²) in [6.07, 6.45) is -2.03. The van der Waals surface area contributed by atoms with Crippen LogP contribution < -0.4 is 15.2 Å². The summed E-state index contributed by atoms with van der Waals surface area (Å²) >= 11 is 0. The minimum Gasteiger partial charge on any atom is -0.395 e. The first-order valence-corrected chi connectivity index (χ1v) is 6.59. The van der Waals surface area contributed by atoms with E-state index in [1.165, 1.54) is 12.1 Å². The molecule has 4 rings (SSSR count). The van der Waals surface area contributed by atoms with Crippen LogP contribution in [-0.2, 0) is 7.05 Å². The zero-order valence-electron chi connectivity index (χ0n) is 11.8. The number of alkyl halides is 2. The van der Waals surface area contributed by atoms with Crippen molar-refractivity contribution in [3.63, 3.8) is 0 Å². The Morgan fingerprint density at radius 1 is 1.30 bits per heavy atom. The summed E-state index contributed by atoms with van der Waals surface area (Å²) in [7, 11) is 1.71. The van der Waals surface area contributed by atoms with Crippen molar-refractivity contribution < 1.29 is 23.0 Å². The number of nitrogens with two attached hydrogens (primary N) is 1. The number of hydrogen-bond donors (Lipinski definition) is 1. The topological polar surface area (TPSA) is 84.3 Å². The van der Waals surface area contributed by atoms with E-state index in [2.05, 4.69) is 14.5 Å². The lowest BCUT2D eigenvalue weighted by molar-refractivity contribution is -0.286. The van der Waals surface area contributed by atoms with E-state index in [0.717, 1.165) is 4.57 Å². The first kappa shape index (κ1) is 13.6. The van der Waals surface area contributed by atoms with Gasteiger partial charge in [-0.25, -0.2) is 9.55 Å². The molecule has 0 atom stereocenters. The summed E-state index contributed by atoms with van der Waals surface area (Å²) in [5.74, 6) is -0.813. The molecule has 118 valence electrons. The predicted octanol–water partition coefficient (Wildman–Crippen LogP) is 1.97. The molecule has 1 aliphatic rings. The minimum atomic E-state index is -3.74. The van der Waals surface area contributed by atoms with E-state index < -0.39 is 12.2 Å². The van der Waals surface area contributed by atoms with Gasteiger partial charge in [-0.05, 0) is 12.1 Å². The number of anilines is 1. The number of aryl methyl sites for hydroxylation is 1. The van der Waals surface area contributed by atoms with Gasteiger partial charge in [0.15, 0.2) is 11.5 Å². The lowest BCUT2D eigenvalue weighted by Gasteiger charge is -2.06. The van der Waals surface area contributed by atoms with Gasteiger partial charge in [0.2, 0.25) is 5.95 Å². The Morgan fingerprint density at radius 3 is 2.65 bits per heavy atom. The molecular formula is C14H10F2N4O3. The van der Waals surface area contributed by atoms with E-state index in [-0.39, 0.29) is 28.5 Å². The number of aromatic nitrogens is 3. The highest BCUT2D eigenvalue weighted by Crippen LogP contribution is 2.43. The third-order valence-corrected chi connectivity index (χ3v) is 3.57. The fourth-order valence-corrected chi connectivity index (χ4v) is 2.55. The highest BCUT2D eigenvalue weighted by molar-refractivity contribution is 6.03. The van der Waals surface area contributed by atoms with Crippen LogP contribution in [0.25, 0.3) is 11.0 Å². The van der Waals surface area contributed by atoms with E-state index in [9.17, 15) is 13.6 Å². The Labute approximate surface area is 127 Å². The number of nitrogens with zero attached hydrogens (tertiary/aromatic N) is 3. The van der Waals surface area contributed by atoms with Crippen molar-refractivity contribution in [2.45, 2.75) is 6.29 Å². The van der Waals surface area contributed by atoms with Crippen LogP contribution in [-0.4, -0.2) is 26.3 Å². The number of carbonyl (C=O) groups excluding carboxylic acids is 1. The number of carbonyl (C=O) groups is 1. The number of hydrogen-bond acceptors (Lipinski definition) is 5. The van der Waals surface area contributed by atoms with Gasteiger partial charge in [-0.2, -0.15) is 0 Å². The maximum absolute atomic E-state index is 13.1. The monoisotopic (exact) mass is 320 g/mol. The van der Waals surface area contributed by atoms with Gasteiger partial charge in [-0.1, -0.05) is 0 Å². The summed E-state index contributed by atoms with van der Waals surface area (Å²) in [5.41, 5.74) is 6.70. The van der Waals surface area contributed by atoms with Crippen molar-refractivity contribution in [1.29, 1.82) is 0 Å². The van der Waals surface area contributed by atoms with Gasteiger partial charge in [0, 0.05) is 25.4 Å². The molecule has 0 saturated heterocycles. The molecule has 0 saturated carbocycles. The minimum absolute atomic E-state index is 0.0540. The van der Waals surface area contributed by atoms with Crippen molar-refractivity contribution in [2.75, 3.05) is 5.73 Å². The number of fused-ring (bicyclic) bond motifs is 2. The number of halogens is 2. The molecule has 0 bridgehead atoms. The number of imidazole rings is 1.